The van der Waals surface area contributed by atoms with E-state index in [1.807, 2.05) is 6.92 Å². The van der Waals surface area contributed by atoms with E-state index in [-0.39, 0.29) is 23.0 Å². The first-order valence-corrected chi connectivity index (χ1v) is 9.02. The average Bonchev–Trinajstić information content (AvgIpc) is 2.56. The zero-order valence-corrected chi connectivity index (χ0v) is 14.5. The van der Waals surface area contributed by atoms with Gasteiger partial charge in [-0.2, -0.15) is 0 Å². The van der Waals surface area contributed by atoms with E-state index in [4.69, 9.17) is 9.47 Å². The second-order valence-corrected chi connectivity index (χ2v) is 6.90. The first-order chi connectivity index (χ1) is 10.9. The van der Waals surface area contributed by atoms with Gasteiger partial charge in [0.1, 0.15) is 0 Å². The standard InChI is InChI=1S/C15H24N2O5S/c1-4-16-8-9-17-15(18)7-10-23(19,20)12-5-6-13(21-2)14(11-12)22-3/h5-6,11,16H,4,7-10H2,1-3H3,(H,17,18). The summed E-state index contributed by atoms with van der Waals surface area (Å²) in [5.41, 5.74) is 0. The second-order valence-electron chi connectivity index (χ2n) is 4.79. The van der Waals surface area contributed by atoms with Crippen LogP contribution in [0.4, 0.5) is 0 Å². The average molecular weight is 344 g/mol. The maximum Gasteiger partial charge on any atom is 0.221 e. The van der Waals surface area contributed by atoms with Crippen LogP contribution in [-0.4, -0.2) is 53.9 Å². The van der Waals surface area contributed by atoms with E-state index >= 15 is 0 Å². The lowest BCUT2D eigenvalue weighted by Crippen LogP contribution is -2.32. The minimum Gasteiger partial charge on any atom is -0.493 e. The molecule has 0 saturated heterocycles. The molecule has 0 aliphatic heterocycles. The number of ether oxygens (including phenoxy) is 2. The molecule has 8 heteroatoms. The van der Waals surface area contributed by atoms with Crippen LogP contribution < -0.4 is 20.1 Å². The Morgan fingerprint density at radius 1 is 1.13 bits per heavy atom. The summed E-state index contributed by atoms with van der Waals surface area (Å²) in [6.45, 7) is 3.93. The van der Waals surface area contributed by atoms with Crippen molar-refractivity contribution in [3.63, 3.8) is 0 Å². The van der Waals surface area contributed by atoms with Gasteiger partial charge in [-0.05, 0) is 18.7 Å². The Labute approximate surface area is 137 Å². The SMILES string of the molecule is CCNCCNC(=O)CCS(=O)(=O)c1ccc(OC)c(OC)c1. The molecule has 0 atom stereocenters. The number of likely N-dealkylation sites (N-methyl/N-ethyl adjacent to an activating group) is 1. The number of hydrogen-bond donors (Lipinski definition) is 2. The van der Waals surface area contributed by atoms with Crippen molar-refractivity contribution in [2.45, 2.75) is 18.2 Å². The van der Waals surface area contributed by atoms with Crippen molar-refractivity contribution >= 4 is 15.7 Å². The van der Waals surface area contributed by atoms with Gasteiger partial charge in [0.25, 0.3) is 0 Å². The number of nitrogens with one attached hydrogen (secondary N) is 2. The molecule has 130 valence electrons. The van der Waals surface area contributed by atoms with Gasteiger partial charge >= 0.3 is 0 Å². The number of hydrogen-bond acceptors (Lipinski definition) is 6. The van der Waals surface area contributed by atoms with E-state index in [1.54, 1.807) is 0 Å². The molecule has 0 bridgehead atoms. The highest BCUT2D eigenvalue weighted by Crippen LogP contribution is 2.29. The van der Waals surface area contributed by atoms with Crippen molar-refractivity contribution in [3.8, 4) is 11.5 Å². The molecular weight excluding hydrogens is 320 g/mol. The van der Waals surface area contributed by atoms with E-state index in [1.165, 1.54) is 32.4 Å². The number of amides is 1. The first-order valence-electron chi connectivity index (χ1n) is 7.36. The predicted molar refractivity (Wildman–Crippen MR) is 87.8 cm³/mol. The summed E-state index contributed by atoms with van der Waals surface area (Å²) in [7, 11) is -0.648. The van der Waals surface area contributed by atoms with E-state index in [2.05, 4.69) is 10.6 Å². The zero-order chi connectivity index (χ0) is 17.3. The van der Waals surface area contributed by atoms with Gasteiger partial charge in [0.2, 0.25) is 5.91 Å². The first kappa shape index (κ1) is 19.2. The Morgan fingerprint density at radius 2 is 1.83 bits per heavy atom. The van der Waals surface area contributed by atoms with Gasteiger partial charge in [0.05, 0.1) is 24.9 Å². The number of carbonyl (C=O) groups is 1. The van der Waals surface area contributed by atoms with Crippen molar-refractivity contribution in [2.24, 2.45) is 0 Å². The molecule has 7 nitrogen and oxygen atoms in total. The maximum absolute atomic E-state index is 12.3. The van der Waals surface area contributed by atoms with Crippen LogP contribution in [0.25, 0.3) is 0 Å². The van der Waals surface area contributed by atoms with Crippen molar-refractivity contribution in [1.29, 1.82) is 0 Å². The van der Waals surface area contributed by atoms with E-state index in [0.29, 0.717) is 24.6 Å². The summed E-state index contributed by atoms with van der Waals surface area (Å²) < 4.78 is 34.8. The van der Waals surface area contributed by atoms with Crippen LogP contribution in [0, 0.1) is 0 Å². The molecule has 0 unspecified atom stereocenters. The molecule has 0 radical (unpaired) electrons. The molecule has 0 aliphatic carbocycles. The summed E-state index contributed by atoms with van der Waals surface area (Å²) in [5.74, 6) is 0.249. The Balaban J connectivity index is 2.64. The maximum atomic E-state index is 12.3. The van der Waals surface area contributed by atoms with Crippen LogP contribution in [0.2, 0.25) is 0 Å². The largest absolute Gasteiger partial charge is 0.493 e. The topological polar surface area (TPSA) is 93.7 Å². The van der Waals surface area contributed by atoms with Crippen LogP contribution in [-0.2, 0) is 14.6 Å². The molecule has 0 aromatic heterocycles. The van der Waals surface area contributed by atoms with E-state index in [0.717, 1.165) is 6.54 Å². The fourth-order valence-corrected chi connectivity index (χ4v) is 3.16. The van der Waals surface area contributed by atoms with Gasteiger partial charge in [0, 0.05) is 25.6 Å². The normalized spacial score (nSPS) is 11.1. The second kappa shape index (κ2) is 9.36. The number of rotatable bonds is 10. The van der Waals surface area contributed by atoms with Crippen LogP contribution in [0.5, 0.6) is 11.5 Å². The van der Waals surface area contributed by atoms with Crippen LogP contribution >= 0.6 is 0 Å². The van der Waals surface area contributed by atoms with Gasteiger partial charge in [-0.25, -0.2) is 8.42 Å². The van der Waals surface area contributed by atoms with E-state index in [9.17, 15) is 13.2 Å². The summed E-state index contributed by atoms with van der Waals surface area (Å²) in [5, 5.41) is 5.74. The molecule has 1 aromatic rings. The zero-order valence-electron chi connectivity index (χ0n) is 13.7. The minimum atomic E-state index is -3.56. The molecule has 0 fully saturated rings. The predicted octanol–water partition coefficient (Wildman–Crippen LogP) is 0.593. The molecule has 1 aromatic carbocycles. The lowest BCUT2D eigenvalue weighted by Gasteiger charge is -2.10. The quantitative estimate of drug-likeness (QED) is 0.604. The number of carbonyl (C=O) groups excluding carboxylic acids is 1. The Kier molecular flexibility index (Phi) is 7.84. The van der Waals surface area contributed by atoms with Crippen LogP contribution in [0.1, 0.15) is 13.3 Å². The number of methoxy groups -OCH3 is 2. The fraction of sp³-hybridized carbons (Fsp3) is 0.533. The van der Waals surface area contributed by atoms with E-state index < -0.39 is 9.84 Å². The van der Waals surface area contributed by atoms with Gasteiger partial charge in [-0.15, -0.1) is 0 Å². The number of sulfone groups is 1. The molecule has 0 aliphatic rings. The fourth-order valence-electron chi connectivity index (χ4n) is 1.91. The van der Waals surface area contributed by atoms with Gasteiger partial charge in [0.15, 0.2) is 21.3 Å². The molecule has 0 spiro atoms. The molecule has 1 rings (SSSR count). The molecule has 0 heterocycles. The summed E-state index contributed by atoms with van der Waals surface area (Å²) >= 11 is 0. The van der Waals surface area contributed by atoms with Crippen molar-refractivity contribution in [3.05, 3.63) is 18.2 Å². The third-order valence-electron chi connectivity index (χ3n) is 3.19. The molecule has 2 N–H and O–H groups in total. The summed E-state index contributed by atoms with van der Waals surface area (Å²) in [6, 6.07) is 4.37. The van der Waals surface area contributed by atoms with Crippen molar-refractivity contribution < 1.29 is 22.7 Å². The highest BCUT2D eigenvalue weighted by molar-refractivity contribution is 7.91. The molecule has 23 heavy (non-hydrogen) atoms. The lowest BCUT2D eigenvalue weighted by molar-refractivity contribution is -0.120. The van der Waals surface area contributed by atoms with Gasteiger partial charge in [-0.1, -0.05) is 6.92 Å². The molecule has 1 amide bonds. The highest BCUT2D eigenvalue weighted by atomic mass is 32.2. The Bertz CT molecular complexity index is 616. The van der Waals surface area contributed by atoms with Crippen LogP contribution in [0.3, 0.4) is 0 Å². The monoisotopic (exact) mass is 344 g/mol. The summed E-state index contributed by atoms with van der Waals surface area (Å²) in [4.78, 5) is 11.8. The summed E-state index contributed by atoms with van der Waals surface area (Å²) in [6.07, 6.45) is -0.0806. The van der Waals surface area contributed by atoms with Gasteiger partial charge in [-0.3, -0.25) is 4.79 Å². The Hall–Kier alpha value is -1.80. The van der Waals surface area contributed by atoms with Crippen LogP contribution in [0.15, 0.2) is 23.1 Å². The lowest BCUT2D eigenvalue weighted by atomic mass is 10.3. The third-order valence-corrected chi connectivity index (χ3v) is 4.90. The Morgan fingerprint density at radius 3 is 2.43 bits per heavy atom. The van der Waals surface area contributed by atoms with Crippen molar-refractivity contribution in [2.75, 3.05) is 39.6 Å². The molecular formula is C15H24N2O5S. The highest BCUT2D eigenvalue weighted by Gasteiger charge is 2.18. The van der Waals surface area contributed by atoms with Gasteiger partial charge < -0.3 is 20.1 Å². The minimum absolute atomic E-state index is 0.0806. The molecule has 0 saturated carbocycles. The third kappa shape index (κ3) is 6.07. The van der Waals surface area contributed by atoms with Crippen molar-refractivity contribution in [1.82, 2.24) is 10.6 Å². The number of benzene rings is 1. The smallest absolute Gasteiger partial charge is 0.221 e.